The number of ether oxygens (including phenoxy) is 1. The van der Waals surface area contributed by atoms with Crippen molar-refractivity contribution in [2.75, 3.05) is 7.11 Å². The van der Waals surface area contributed by atoms with Gasteiger partial charge in [0.25, 0.3) is 0 Å². The summed E-state index contributed by atoms with van der Waals surface area (Å²) in [5, 5.41) is 4.18. The second-order valence-electron chi connectivity index (χ2n) is 3.89. The van der Waals surface area contributed by atoms with Gasteiger partial charge in [-0.1, -0.05) is 12.1 Å². The Labute approximate surface area is 99.3 Å². The fourth-order valence-electron chi connectivity index (χ4n) is 1.60. The van der Waals surface area contributed by atoms with Gasteiger partial charge >= 0.3 is 5.69 Å². The number of methoxy groups -OCH3 is 1. The van der Waals surface area contributed by atoms with Crippen LogP contribution in [0.3, 0.4) is 0 Å². The largest absolute Gasteiger partial charge is 0.497 e. The molecule has 0 saturated heterocycles. The number of benzene rings is 1. The Hall–Kier alpha value is -2.04. The molecule has 0 N–H and O–H groups in total. The van der Waals surface area contributed by atoms with Gasteiger partial charge < -0.3 is 4.74 Å². The molecule has 0 fully saturated rings. The first kappa shape index (κ1) is 11.4. The van der Waals surface area contributed by atoms with Gasteiger partial charge in [-0.15, -0.1) is 0 Å². The summed E-state index contributed by atoms with van der Waals surface area (Å²) in [7, 11) is 3.34. The SMILES string of the molecule is COc1ccc(Cn2nc(C)n(C)c2=O)cc1. The zero-order valence-corrected chi connectivity index (χ0v) is 10.2. The van der Waals surface area contributed by atoms with Crippen LogP contribution in [0.5, 0.6) is 5.75 Å². The van der Waals surface area contributed by atoms with Gasteiger partial charge in [0.15, 0.2) is 0 Å². The van der Waals surface area contributed by atoms with Crippen molar-refractivity contribution in [1.82, 2.24) is 14.3 Å². The van der Waals surface area contributed by atoms with Gasteiger partial charge in [-0.25, -0.2) is 9.48 Å². The van der Waals surface area contributed by atoms with Gasteiger partial charge in [-0.2, -0.15) is 5.10 Å². The molecule has 17 heavy (non-hydrogen) atoms. The summed E-state index contributed by atoms with van der Waals surface area (Å²) in [5.74, 6) is 1.52. The van der Waals surface area contributed by atoms with Crippen LogP contribution in [0.1, 0.15) is 11.4 Å². The molecule has 0 bridgehead atoms. The Morgan fingerprint density at radius 2 is 1.94 bits per heavy atom. The zero-order chi connectivity index (χ0) is 12.4. The number of hydrogen-bond acceptors (Lipinski definition) is 3. The summed E-state index contributed by atoms with van der Waals surface area (Å²) in [6, 6.07) is 7.59. The highest BCUT2D eigenvalue weighted by Crippen LogP contribution is 2.11. The second kappa shape index (κ2) is 4.45. The van der Waals surface area contributed by atoms with Gasteiger partial charge in [-0.05, 0) is 24.6 Å². The fraction of sp³-hybridized carbons (Fsp3) is 0.333. The van der Waals surface area contributed by atoms with E-state index in [0.717, 1.165) is 11.3 Å². The number of aromatic nitrogens is 3. The van der Waals surface area contributed by atoms with Crippen molar-refractivity contribution in [2.24, 2.45) is 7.05 Å². The van der Waals surface area contributed by atoms with Crippen LogP contribution in [0.4, 0.5) is 0 Å². The Morgan fingerprint density at radius 1 is 1.29 bits per heavy atom. The number of rotatable bonds is 3. The van der Waals surface area contributed by atoms with Crippen molar-refractivity contribution in [2.45, 2.75) is 13.5 Å². The summed E-state index contributed by atoms with van der Waals surface area (Å²) >= 11 is 0. The van der Waals surface area contributed by atoms with Gasteiger partial charge in [0, 0.05) is 7.05 Å². The van der Waals surface area contributed by atoms with E-state index in [2.05, 4.69) is 5.10 Å². The molecule has 5 nitrogen and oxygen atoms in total. The molecule has 0 radical (unpaired) electrons. The molecule has 0 spiro atoms. The van der Waals surface area contributed by atoms with Crippen molar-refractivity contribution in [3.05, 3.63) is 46.1 Å². The van der Waals surface area contributed by atoms with Crippen LogP contribution < -0.4 is 10.4 Å². The molecular formula is C12H15N3O2. The van der Waals surface area contributed by atoms with Gasteiger partial charge in [0.2, 0.25) is 0 Å². The summed E-state index contributed by atoms with van der Waals surface area (Å²) in [4.78, 5) is 11.8. The molecule has 0 saturated carbocycles. The van der Waals surface area contributed by atoms with E-state index < -0.39 is 0 Å². The lowest BCUT2D eigenvalue weighted by Crippen LogP contribution is -2.23. The minimum Gasteiger partial charge on any atom is -0.497 e. The number of hydrogen-bond donors (Lipinski definition) is 0. The van der Waals surface area contributed by atoms with Crippen LogP contribution in [0, 0.1) is 6.92 Å². The average molecular weight is 233 g/mol. The highest BCUT2D eigenvalue weighted by molar-refractivity contribution is 5.27. The van der Waals surface area contributed by atoms with E-state index in [4.69, 9.17) is 4.74 Å². The highest BCUT2D eigenvalue weighted by Gasteiger charge is 2.06. The van der Waals surface area contributed by atoms with E-state index >= 15 is 0 Å². The lowest BCUT2D eigenvalue weighted by Gasteiger charge is -2.02. The van der Waals surface area contributed by atoms with Crippen LogP contribution in [0.2, 0.25) is 0 Å². The van der Waals surface area contributed by atoms with Crippen LogP contribution in [0.15, 0.2) is 29.1 Å². The topological polar surface area (TPSA) is 49.0 Å². The third-order valence-corrected chi connectivity index (χ3v) is 2.75. The molecule has 0 aliphatic heterocycles. The standard InChI is InChI=1S/C12H15N3O2/c1-9-13-15(12(16)14(9)2)8-10-4-6-11(17-3)7-5-10/h4-7H,8H2,1-3H3. The Morgan fingerprint density at radius 3 is 2.41 bits per heavy atom. The van der Waals surface area contributed by atoms with Crippen molar-refractivity contribution < 1.29 is 4.74 Å². The van der Waals surface area contributed by atoms with Crippen LogP contribution in [0.25, 0.3) is 0 Å². The van der Waals surface area contributed by atoms with Crippen molar-refractivity contribution in [3.8, 4) is 5.75 Å². The predicted octanol–water partition coefficient (Wildman–Crippen LogP) is 0.947. The first-order valence-corrected chi connectivity index (χ1v) is 5.35. The predicted molar refractivity (Wildman–Crippen MR) is 64.3 cm³/mol. The summed E-state index contributed by atoms with van der Waals surface area (Å²) in [6.45, 7) is 2.29. The molecule has 0 atom stereocenters. The maximum absolute atomic E-state index is 11.8. The molecule has 0 amide bonds. The summed E-state index contributed by atoms with van der Waals surface area (Å²) in [5.41, 5.74) is 0.921. The van der Waals surface area contributed by atoms with Crippen LogP contribution in [-0.4, -0.2) is 21.5 Å². The number of aryl methyl sites for hydroxylation is 1. The molecular weight excluding hydrogens is 218 g/mol. The van der Waals surface area contributed by atoms with E-state index in [9.17, 15) is 4.79 Å². The van der Waals surface area contributed by atoms with E-state index in [1.54, 1.807) is 14.2 Å². The average Bonchev–Trinajstić information content (AvgIpc) is 2.58. The maximum atomic E-state index is 11.8. The number of nitrogens with zero attached hydrogens (tertiary/aromatic N) is 3. The third-order valence-electron chi connectivity index (χ3n) is 2.75. The van der Waals surface area contributed by atoms with E-state index in [1.807, 2.05) is 31.2 Å². The minimum absolute atomic E-state index is 0.0988. The van der Waals surface area contributed by atoms with E-state index in [-0.39, 0.29) is 5.69 Å². The quantitative estimate of drug-likeness (QED) is 0.793. The third kappa shape index (κ3) is 2.22. The maximum Gasteiger partial charge on any atom is 0.345 e. The van der Waals surface area contributed by atoms with Crippen LogP contribution >= 0.6 is 0 Å². The molecule has 0 aliphatic carbocycles. The molecule has 2 aromatic rings. The fourth-order valence-corrected chi connectivity index (χ4v) is 1.60. The monoisotopic (exact) mass is 233 g/mol. The molecule has 90 valence electrons. The van der Waals surface area contributed by atoms with Gasteiger partial charge in [0.05, 0.1) is 13.7 Å². The lowest BCUT2D eigenvalue weighted by atomic mass is 10.2. The van der Waals surface area contributed by atoms with Crippen LogP contribution in [-0.2, 0) is 13.6 Å². The van der Waals surface area contributed by atoms with Crippen molar-refractivity contribution in [3.63, 3.8) is 0 Å². The lowest BCUT2D eigenvalue weighted by molar-refractivity contribution is 0.414. The molecule has 1 aromatic heterocycles. The summed E-state index contributed by atoms with van der Waals surface area (Å²) < 4.78 is 8.06. The minimum atomic E-state index is -0.0988. The Kier molecular flexibility index (Phi) is 2.99. The Bertz CT molecular complexity index is 566. The van der Waals surface area contributed by atoms with E-state index in [0.29, 0.717) is 12.4 Å². The molecule has 2 rings (SSSR count). The van der Waals surface area contributed by atoms with E-state index in [1.165, 1.54) is 9.25 Å². The molecule has 1 aromatic carbocycles. The molecule has 1 heterocycles. The summed E-state index contributed by atoms with van der Waals surface area (Å²) in [6.07, 6.45) is 0. The van der Waals surface area contributed by atoms with Gasteiger partial charge in [0.1, 0.15) is 11.6 Å². The molecule has 0 aliphatic rings. The smallest absolute Gasteiger partial charge is 0.345 e. The molecule has 0 unspecified atom stereocenters. The molecule has 5 heteroatoms. The first-order valence-electron chi connectivity index (χ1n) is 5.35. The van der Waals surface area contributed by atoms with Crippen molar-refractivity contribution in [1.29, 1.82) is 0 Å². The first-order chi connectivity index (χ1) is 8.11. The zero-order valence-electron chi connectivity index (χ0n) is 10.2. The van der Waals surface area contributed by atoms with Crippen molar-refractivity contribution >= 4 is 0 Å². The Balaban J connectivity index is 2.25. The normalized spacial score (nSPS) is 10.5. The second-order valence-corrected chi connectivity index (χ2v) is 3.89. The highest BCUT2D eigenvalue weighted by atomic mass is 16.5. The van der Waals surface area contributed by atoms with Gasteiger partial charge in [-0.3, -0.25) is 4.57 Å².